The van der Waals surface area contributed by atoms with E-state index in [9.17, 15) is 14.4 Å². The third kappa shape index (κ3) is 6.43. The smallest absolute Gasteiger partial charge is 0.268 e. The molecule has 0 fully saturated rings. The quantitative estimate of drug-likeness (QED) is 0.509. The first-order valence-electron chi connectivity index (χ1n) is 10.3. The van der Waals surface area contributed by atoms with Gasteiger partial charge in [-0.3, -0.25) is 14.4 Å². The average Bonchev–Trinajstić information content (AvgIpc) is 3.34. The topological polar surface area (TPSA) is 91.7 Å². The highest BCUT2D eigenvalue weighted by molar-refractivity contribution is 6.05. The summed E-state index contributed by atoms with van der Waals surface area (Å²) in [7, 11) is 0. The molecule has 0 aliphatic rings. The summed E-state index contributed by atoms with van der Waals surface area (Å²) in [5.74, 6) is -0.857. The Morgan fingerprint density at radius 1 is 0.938 bits per heavy atom. The third-order valence-corrected chi connectivity index (χ3v) is 4.71. The Morgan fingerprint density at radius 3 is 2.25 bits per heavy atom. The molecule has 3 rings (SSSR count). The van der Waals surface area contributed by atoms with Crippen molar-refractivity contribution in [2.45, 2.75) is 13.5 Å². The van der Waals surface area contributed by atoms with Gasteiger partial charge in [0.15, 0.2) is 0 Å². The summed E-state index contributed by atoms with van der Waals surface area (Å²) >= 11 is 0. The van der Waals surface area contributed by atoms with Crippen molar-refractivity contribution in [2.24, 2.45) is 0 Å². The fourth-order valence-electron chi connectivity index (χ4n) is 3.00. The van der Waals surface area contributed by atoms with Crippen molar-refractivity contribution in [1.82, 2.24) is 15.5 Å². The third-order valence-electron chi connectivity index (χ3n) is 4.71. The maximum Gasteiger partial charge on any atom is 0.268 e. The number of carbonyl (C=O) groups is 3. The lowest BCUT2D eigenvalue weighted by Crippen LogP contribution is -2.42. The lowest BCUT2D eigenvalue weighted by molar-refractivity contribution is -0.132. The number of benzene rings is 2. The van der Waals surface area contributed by atoms with E-state index in [1.54, 1.807) is 47.4 Å². The van der Waals surface area contributed by atoms with E-state index in [2.05, 4.69) is 10.6 Å². The molecule has 0 aliphatic heterocycles. The van der Waals surface area contributed by atoms with Crippen LogP contribution >= 0.6 is 0 Å². The second-order valence-corrected chi connectivity index (χ2v) is 6.97. The van der Waals surface area contributed by atoms with Gasteiger partial charge in [0, 0.05) is 24.7 Å². The van der Waals surface area contributed by atoms with Crippen molar-refractivity contribution in [1.29, 1.82) is 0 Å². The van der Waals surface area contributed by atoms with Gasteiger partial charge in [-0.05, 0) is 36.8 Å². The summed E-state index contributed by atoms with van der Waals surface area (Å²) in [6.07, 6.45) is 2.88. The van der Waals surface area contributed by atoms with E-state index in [-0.39, 0.29) is 18.1 Å². The lowest BCUT2D eigenvalue weighted by Gasteiger charge is -2.21. The van der Waals surface area contributed by atoms with Crippen molar-refractivity contribution in [3.63, 3.8) is 0 Å². The molecule has 0 spiro atoms. The second kappa shape index (κ2) is 11.3. The van der Waals surface area contributed by atoms with Crippen LogP contribution in [0.25, 0.3) is 6.08 Å². The number of rotatable bonds is 9. The van der Waals surface area contributed by atoms with Gasteiger partial charge in [-0.1, -0.05) is 48.5 Å². The standard InChI is InChI=1S/C25H25N3O4/c1-2-28(18-19-10-5-3-6-11-19)23(29)17-26-25(31)22(16-21-14-9-15-32-21)27-24(30)20-12-7-4-8-13-20/h3-16H,2,17-18H2,1H3,(H,26,31)(H,27,30). The minimum atomic E-state index is -0.588. The van der Waals surface area contributed by atoms with Crippen LogP contribution in [-0.4, -0.2) is 35.7 Å². The molecule has 0 unspecified atom stereocenters. The zero-order chi connectivity index (χ0) is 22.8. The van der Waals surface area contributed by atoms with Crippen molar-refractivity contribution in [3.8, 4) is 0 Å². The Balaban J connectivity index is 1.66. The van der Waals surface area contributed by atoms with Crippen LogP contribution in [0.2, 0.25) is 0 Å². The summed E-state index contributed by atoms with van der Waals surface area (Å²) in [6.45, 7) is 2.64. The molecule has 32 heavy (non-hydrogen) atoms. The number of nitrogens with one attached hydrogen (secondary N) is 2. The van der Waals surface area contributed by atoms with Crippen molar-refractivity contribution < 1.29 is 18.8 Å². The number of hydrogen-bond acceptors (Lipinski definition) is 4. The molecule has 7 heteroatoms. The number of amides is 3. The molecule has 2 aromatic carbocycles. The summed E-state index contributed by atoms with van der Waals surface area (Å²) in [6, 6.07) is 21.5. The molecule has 3 amide bonds. The SMILES string of the molecule is CCN(Cc1ccccc1)C(=O)CNC(=O)C(=Cc1ccco1)NC(=O)c1ccccc1. The molecule has 3 aromatic rings. The minimum absolute atomic E-state index is 0.0206. The largest absolute Gasteiger partial charge is 0.465 e. The molecule has 0 atom stereocenters. The molecule has 0 bridgehead atoms. The Bertz CT molecular complexity index is 1060. The number of furan rings is 1. The molecule has 164 valence electrons. The van der Waals surface area contributed by atoms with Gasteiger partial charge in [-0.2, -0.15) is 0 Å². The van der Waals surface area contributed by atoms with Crippen LogP contribution in [0.1, 0.15) is 28.6 Å². The van der Waals surface area contributed by atoms with E-state index in [0.717, 1.165) is 5.56 Å². The van der Waals surface area contributed by atoms with Gasteiger partial charge in [0.05, 0.1) is 12.8 Å². The molecular formula is C25H25N3O4. The van der Waals surface area contributed by atoms with Crippen LogP contribution in [0.15, 0.2) is 89.2 Å². The molecule has 1 aromatic heterocycles. The van der Waals surface area contributed by atoms with Crippen LogP contribution in [0.4, 0.5) is 0 Å². The molecule has 0 saturated heterocycles. The molecule has 0 saturated carbocycles. The summed E-state index contributed by atoms with van der Waals surface area (Å²) < 4.78 is 5.27. The van der Waals surface area contributed by atoms with Gasteiger partial charge in [-0.15, -0.1) is 0 Å². The van der Waals surface area contributed by atoms with Crippen molar-refractivity contribution in [2.75, 3.05) is 13.1 Å². The normalized spacial score (nSPS) is 11.0. The van der Waals surface area contributed by atoms with E-state index in [0.29, 0.717) is 24.4 Å². The van der Waals surface area contributed by atoms with E-state index in [1.807, 2.05) is 37.3 Å². The first-order valence-corrected chi connectivity index (χ1v) is 10.3. The average molecular weight is 431 g/mol. The molecule has 0 aliphatic carbocycles. The van der Waals surface area contributed by atoms with E-state index in [4.69, 9.17) is 4.42 Å². The first-order chi connectivity index (χ1) is 15.6. The Hall–Kier alpha value is -4.13. The summed E-state index contributed by atoms with van der Waals surface area (Å²) in [5, 5.41) is 5.20. The fourth-order valence-corrected chi connectivity index (χ4v) is 3.00. The summed E-state index contributed by atoms with van der Waals surface area (Å²) in [5.41, 5.74) is 1.39. The highest BCUT2D eigenvalue weighted by atomic mass is 16.3. The van der Waals surface area contributed by atoms with Gasteiger partial charge in [0.2, 0.25) is 5.91 Å². The van der Waals surface area contributed by atoms with E-state index < -0.39 is 11.8 Å². The van der Waals surface area contributed by atoms with Gasteiger partial charge in [0.25, 0.3) is 11.8 Å². The summed E-state index contributed by atoms with van der Waals surface area (Å²) in [4.78, 5) is 39.6. The predicted octanol–water partition coefficient (Wildman–Crippen LogP) is 3.22. The Kier molecular flexibility index (Phi) is 7.97. The highest BCUT2D eigenvalue weighted by Gasteiger charge is 2.18. The number of carbonyl (C=O) groups excluding carboxylic acids is 3. The predicted molar refractivity (Wildman–Crippen MR) is 121 cm³/mol. The van der Waals surface area contributed by atoms with E-state index >= 15 is 0 Å². The number of hydrogen-bond donors (Lipinski definition) is 2. The molecule has 0 radical (unpaired) electrons. The maximum absolute atomic E-state index is 12.8. The van der Waals surface area contributed by atoms with Crippen molar-refractivity contribution >= 4 is 23.8 Å². The van der Waals surface area contributed by atoms with Crippen LogP contribution in [0.5, 0.6) is 0 Å². The van der Waals surface area contributed by atoms with Gasteiger partial charge >= 0.3 is 0 Å². The second-order valence-electron chi connectivity index (χ2n) is 6.97. The molecule has 7 nitrogen and oxygen atoms in total. The van der Waals surface area contributed by atoms with Crippen LogP contribution < -0.4 is 10.6 Å². The van der Waals surface area contributed by atoms with Crippen LogP contribution in [-0.2, 0) is 16.1 Å². The number of likely N-dealkylation sites (N-methyl/N-ethyl adjacent to an activating group) is 1. The minimum Gasteiger partial charge on any atom is -0.465 e. The fraction of sp³-hybridized carbons (Fsp3) is 0.160. The maximum atomic E-state index is 12.8. The van der Waals surface area contributed by atoms with E-state index in [1.165, 1.54) is 12.3 Å². The van der Waals surface area contributed by atoms with Gasteiger partial charge in [0.1, 0.15) is 11.5 Å². The number of nitrogens with zero attached hydrogens (tertiary/aromatic N) is 1. The first kappa shape index (κ1) is 22.6. The van der Waals surface area contributed by atoms with Gasteiger partial charge in [-0.25, -0.2) is 0 Å². The Morgan fingerprint density at radius 2 is 1.62 bits per heavy atom. The molecule has 1 heterocycles. The lowest BCUT2D eigenvalue weighted by atomic mass is 10.2. The van der Waals surface area contributed by atoms with Crippen LogP contribution in [0, 0.1) is 0 Å². The van der Waals surface area contributed by atoms with Gasteiger partial charge < -0.3 is 20.0 Å². The monoisotopic (exact) mass is 431 g/mol. The molecular weight excluding hydrogens is 406 g/mol. The zero-order valence-electron chi connectivity index (χ0n) is 17.8. The highest BCUT2D eigenvalue weighted by Crippen LogP contribution is 2.08. The van der Waals surface area contributed by atoms with Crippen molar-refractivity contribution in [3.05, 3.63) is 102 Å². The Labute approximate surface area is 186 Å². The zero-order valence-corrected chi connectivity index (χ0v) is 17.8. The molecule has 2 N–H and O–H groups in total. The van der Waals surface area contributed by atoms with Crippen LogP contribution in [0.3, 0.4) is 0 Å².